The van der Waals surface area contributed by atoms with Gasteiger partial charge in [-0.25, -0.2) is 10.3 Å². The second kappa shape index (κ2) is 14.8. The van der Waals surface area contributed by atoms with Gasteiger partial charge in [-0.2, -0.15) is 0 Å². The fourth-order valence-electron chi connectivity index (χ4n) is 3.47. The van der Waals surface area contributed by atoms with E-state index in [1.165, 1.54) is 7.11 Å². The van der Waals surface area contributed by atoms with Crippen molar-refractivity contribution in [2.75, 3.05) is 19.0 Å². The molecule has 4 N–H and O–H groups in total. The third-order valence-corrected chi connectivity index (χ3v) is 5.23. The maximum atomic E-state index is 12.2. The lowest BCUT2D eigenvalue weighted by Gasteiger charge is -2.17. The van der Waals surface area contributed by atoms with Crippen LogP contribution in [0.2, 0.25) is 0 Å². The molecule has 0 bridgehead atoms. The number of esters is 1. The molecule has 1 unspecified atom stereocenters. The number of anilines is 1. The molecule has 2 aromatic rings. The highest BCUT2D eigenvalue weighted by Gasteiger charge is 2.20. The molecule has 0 aromatic heterocycles. The smallest absolute Gasteiger partial charge is 0.327 e. The Morgan fingerprint density at radius 3 is 2.27 bits per heavy atom. The topological polar surface area (TPSA) is 117 Å². The summed E-state index contributed by atoms with van der Waals surface area (Å²) in [6.07, 6.45) is 4.49. The predicted octanol–water partition coefficient (Wildman–Crippen LogP) is 3.52. The molecule has 0 radical (unpaired) electrons. The maximum absolute atomic E-state index is 12.2. The van der Waals surface area contributed by atoms with E-state index in [9.17, 15) is 14.4 Å². The molecule has 2 amide bonds. The van der Waals surface area contributed by atoms with Crippen molar-refractivity contribution in [3.63, 3.8) is 0 Å². The van der Waals surface area contributed by atoms with Crippen LogP contribution in [0.5, 0.6) is 0 Å². The summed E-state index contributed by atoms with van der Waals surface area (Å²) < 4.78 is 4.93. The average molecular weight is 456 g/mol. The number of hydrogen-bond acceptors (Lipinski definition) is 6. The Bertz CT molecular complexity index is 889. The monoisotopic (exact) mass is 455 g/mol. The minimum atomic E-state index is -0.530. The number of carbonyl (C=O) groups is 3. The van der Waals surface area contributed by atoms with E-state index in [-0.39, 0.29) is 24.2 Å². The molecule has 0 spiro atoms. The van der Waals surface area contributed by atoms with E-state index in [1.807, 2.05) is 54.6 Å². The van der Waals surface area contributed by atoms with Crippen molar-refractivity contribution in [1.82, 2.24) is 10.8 Å². The lowest BCUT2D eigenvalue weighted by molar-refractivity contribution is -0.143. The molecule has 8 nitrogen and oxygen atoms in total. The van der Waals surface area contributed by atoms with Gasteiger partial charge in [0.25, 0.3) is 0 Å². The van der Waals surface area contributed by atoms with Crippen LogP contribution >= 0.6 is 0 Å². The number of nitrogens with one attached hydrogen (secondary N) is 3. The van der Waals surface area contributed by atoms with E-state index >= 15 is 0 Å². The van der Waals surface area contributed by atoms with E-state index in [4.69, 9.17) is 9.94 Å². The highest BCUT2D eigenvalue weighted by atomic mass is 16.5. The number of hydrogen-bond donors (Lipinski definition) is 4. The standard InChI is InChI=1S/C25H33N3O5/c1-33-25(31)24(20-11-5-4-6-12-20)26-17-16-19-10-9-13-21(18-19)27-22(29)14-7-2-3-8-15-23(30)28-32/h4-6,9-13,18,24,26,32H,2-3,7-8,14-17H2,1H3,(H,27,29)(H,28,30). The molecular formula is C25H33N3O5. The molecule has 33 heavy (non-hydrogen) atoms. The van der Waals surface area contributed by atoms with E-state index in [2.05, 4.69) is 10.6 Å². The number of unbranched alkanes of at least 4 members (excludes halogenated alkanes) is 3. The Balaban J connectivity index is 1.75. The first-order chi connectivity index (χ1) is 16.0. The molecule has 0 fully saturated rings. The number of ether oxygens (including phenoxy) is 1. The first kappa shape index (κ1) is 26.0. The normalized spacial score (nSPS) is 11.5. The van der Waals surface area contributed by atoms with E-state index in [0.29, 0.717) is 25.8 Å². The summed E-state index contributed by atoms with van der Waals surface area (Å²) in [5, 5.41) is 14.6. The number of rotatable bonds is 14. The molecule has 0 aliphatic carbocycles. The molecule has 0 saturated carbocycles. The van der Waals surface area contributed by atoms with Crippen molar-refractivity contribution in [2.45, 2.75) is 51.0 Å². The van der Waals surface area contributed by atoms with Crippen LogP contribution in [-0.2, 0) is 25.5 Å². The maximum Gasteiger partial charge on any atom is 0.327 e. The fourth-order valence-corrected chi connectivity index (χ4v) is 3.47. The number of methoxy groups -OCH3 is 1. The first-order valence-electron chi connectivity index (χ1n) is 11.2. The summed E-state index contributed by atoms with van der Waals surface area (Å²) in [4.78, 5) is 35.3. The summed E-state index contributed by atoms with van der Waals surface area (Å²) in [5.41, 5.74) is 4.24. The summed E-state index contributed by atoms with van der Waals surface area (Å²) in [6.45, 7) is 0.570. The zero-order valence-corrected chi connectivity index (χ0v) is 19.0. The van der Waals surface area contributed by atoms with Crippen LogP contribution < -0.4 is 16.1 Å². The van der Waals surface area contributed by atoms with Crippen LogP contribution in [0.1, 0.15) is 55.7 Å². The molecule has 2 rings (SSSR count). The number of hydroxylamine groups is 1. The summed E-state index contributed by atoms with van der Waals surface area (Å²) in [6, 6.07) is 16.6. The molecule has 0 saturated heterocycles. The van der Waals surface area contributed by atoms with Gasteiger partial charge in [0, 0.05) is 25.1 Å². The lowest BCUT2D eigenvalue weighted by Crippen LogP contribution is -2.31. The van der Waals surface area contributed by atoms with Gasteiger partial charge in [-0.3, -0.25) is 14.8 Å². The van der Waals surface area contributed by atoms with Crippen LogP contribution in [0, 0.1) is 0 Å². The molecule has 0 aliphatic heterocycles. The molecule has 0 heterocycles. The van der Waals surface area contributed by atoms with Crippen molar-refractivity contribution in [3.05, 3.63) is 65.7 Å². The van der Waals surface area contributed by atoms with Crippen LogP contribution in [0.4, 0.5) is 5.69 Å². The molecule has 1 atom stereocenters. The molecule has 178 valence electrons. The highest BCUT2D eigenvalue weighted by molar-refractivity contribution is 5.90. The largest absolute Gasteiger partial charge is 0.468 e. The molecular weight excluding hydrogens is 422 g/mol. The van der Waals surface area contributed by atoms with Crippen LogP contribution in [-0.4, -0.2) is 36.6 Å². The quantitative estimate of drug-likeness (QED) is 0.150. The van der Waals surface area contributed by atoms with Crippen molar-refractivity contribution in [3.8, 4) is 0 Å². The van der Waals surface area contributed by atoms with Gasteiger partial charge in [0.15, 0.2) is 0 Å². The number of carbonyl (C=O) groups excluding carboxylic acids is 3. The van der Waals surface area contributed by atoms with E-state index in [1.54, 1.807) is 5.48 Å². The van der Waals surface area contributed by atoms with Crippen molar-refractivity contribution >= 4 is 23.5 Å². The Morgan fingerprint density at radius 2 is 1.61 bits per heavy atom. The Hall–Kier alpha value is -3.23. The fraction of sp³-hybridized carbons (Fsp3) is 0.400. The van der Waals surface area contributed by atoms with Crippen molar-refractivity contribution < 1.29 is 24.3 Å². The predicted molar refractivity (Wildman–Crippen MR) is 126 cm³/mol. The second-order valence-corrected chi connectivity index (χ2v) is 7.77. The van der Waals surface area contributed by atoms with Crippen LogP contribution in [0.15, 0.2) is 54.6 Å². The van der Waals surface area contributed by atoms with Crippen LogP contribution in [0.25, 0.3) is 0 Å². The first-order valence-corrected chi connectivity index (χ1v) is 11.2. The van der Waals surface area contributed by atoms with E-state index < -0.39 is 6.04 Å². The van der Waals surface area contributed by atoms with Crippen molar-refractivity contribution in [1.29, 1.82) is 0 Å². The third kappa shape index (κ3) is 9.84. The van der Waals surface area contributed by atoms with Gasteiger partial charge < -0.3 is 15.4 Å². The SMILES string of the molecule is COC(=O)C(NCCc1cccc(NC(=O)CCCCCCC(=O)NO)c1)c1ccccc1. The van der Waals surface area contributed by atoms with Crippen molar-refractivity contribution in [2.24, 2.45) is 0 Å². The van der Waals surface area contributed by atoms with Gasteiger partial charge in [0.2, 0.25) is 11.8 Å². The zero-order valence-electron chi connectivity index (χ0n) is 19.0. The molecule has 2 aromatic carbocycles. The van der Waals surface area contributed by atoms with E-state index in [0.717, 1.165) is 36.1 Å². The van der Waals surface area contributed by atoms with Gasteiger partial charge in [-0.05, 0) is 42.5 Å². The Kier molecular flexibility index (Phi) is 11.6. The third-order valence-electron chi connectivity index (χ3n) is 5.23. The molecule has 0 aliphatic rings. The molecule has 8 heteroatoms. The number of benzene rings is 2. The minimum Gasteiger partial charge on any atom is -0.468 e. The average Bonchev–Trinajstić information content (AvgIpc) is 2.84. The minimum absolute atomic E-state index is 0.0480. The number of amides is 2. The van der Waals surface area contributed by atoms with Gasteiger partial charge in [0.05, 0.1) is 7.11 Å². The summed E-state index contributed by atoms with van der Waals surface area (Å²) in [7, 11) is 1.38. The van der Waals surface area contributed by atoms with Crippen LogP contribution in [0.3, 0.4) is 0 Å². The summed E-state index contributed by atoms with van der Waals surface area (Å²) in [5.74, 6) is -0.768. The van der Waals surface area contributed by atoms with Gasteiger partial charge in [-0.15, -0.1) is 0 Å². The van der Waals surface area contributed by atoms with Gasteiger partial charge in [0.1, 0.15) is 6.04 Å². The highest BCUT2D eigenvalue weighted by Crippen LogP contribution is 2.16. The second-order valence-electron chi connectivity index (χ2n) is 7.77. The Labute approximate surface area is 194 Å². The zero-order chi connectivity index (χ0) is 23.9. The van der Waals surface area contributed by atoms with Gasteiger partial charge >= 0.3 is 5.97 Å². The summed E-state index contributed by atoms with van der Waals surface area (Å²) >= 11 is 0. The lowest BCUT2D eigenvalue weighted by atomic mass is 10.1. The van der Waals surface area contributed by atoms with Gasteiger partial charge in [-0.1, -0.05) is 55.3 Å². The Morgan fingerprint density at radius 1 is 0.909 bits per heavy atom.